The molecule has 13 heavy (non-hydrogen) atoms. The van der Waals surface area contributed by atoms with Gasteiger partial charge in [-0.25, -0.2) is 9.97 Å². The molecule has 0 amide bonds. The Kier molecular flexibility index (Phi) is 6.12. The fourth-order valence-electron chi connectivity index (χ4n) is 0.601. The Morgan fingerprint density at radius 1 is 1.23 bits per heavy atom. The van der Waals surface area contributed by atoms with Gasteiger partial charge in [-0.15, -0.1) is 0 Å². The maximum absolute atomic E-state index is 12.0. The minimum Gasteiger partial charge on any atom is -0.445 e. The SMILES string of the molecule is CSc1ncc([B-](F)(F)F)cn1.[K+]. The monoisotopic (exact) mass is 232 g/mol. The van der Waals surface area contributed by atoms with Crippen LogP contribution in [-0.4, -0.2) is 23.2 Å². The van der Waals surface area contributed by atoms with Gasteiger partial charge in [-0.1, -0.05) is 17.2 Å². The van der Waals surface area contributed by atoms with Crippen molar-refractivity contribution in [1.82, 2.24) is 9.97 Å². The van der Waals surface area contributed by atoms with Crippen LogP contribution in [0.3, 0.4) is 0 Å². The maximum Gasteiger partial charge on any atom is 1.00 e. The number of hydrogen-bond acceptors (Lipinski definition) is 3. The Bertz CT molecular complexity index is 265. The molecule has 0 radical (unpaired) electrons. The topological polar surface area (TPSA) is 25.8 Å². The predicted molar refractivity (Wildman–Crippen MR) is 42.5 cm³/mol. The van der Waals surface area contributed by atoms with Crippen molar-refractivity contribution in [2.75, 3.05) is 6.26 Å². The average Bonchev–Trinajstić information content (AvgIpc) is 2.03. The number of nitrogens with zero attached hydrogens (tertiary/aromatic N) is 2. The molecule has 0 N–H and O–H groups in total. The summed E-state index contributed by atoms with van der Waals surface area (Å²) in [4.78, 5) is 7.02. The first-order chi connectivity index (χ1) is 5.54. The van der Waals surface area contributed by atoms with Gasteiger partial charge in [0.05, 0.1) is 0 Å². The van der Waals surface area contributed by atoms with Crippen molar-refractivity contribution in [3.8, 4) is 0 Å². The van der Waals surface area contributed by atoms with E-state index < -0.39 is 12.4 Å². The first-order valence-corrected chi connectivity index (χ1v) is 4.32. The van der Waals surface area contributed by atoms with E-state index in [2.05, 4.69) is 9.97 Å². The van der Waals surface area contributed by atoms with Crippen molar-refractivity contribution in [2.45, 2.75) is 5.16 Å². The number of thioether (sulfide) groups is 1. The zero-order valence-electron chi connectivity index (χ0n) is 7.17. The molecule has 0 fully saturated rings. The van der Waals surface area contributed by atoms with Gasteiger partial charge in [0, 0.05) is 12.4 Å². The van der Waals surface area contributed by atoms with Gasteiger partial charge in [0.25, 0.3) is 0 Å². The fourth-order valence-corrected chi connectivity index (χ4v) is 0.917. The second-order valence-corrected chi connectivity index (χ2v) is 2.85. The molecule has 8 heteroatoms. The van der Waals surface area contributed by atoms with Gasteiger partial charge in [0.2, 0.25) is 0 Å². The van der Waals surface area contributed by atoms with E-state index >= 15 is 0 Å². The standard InChI is InChI=1S/C5H5BF3N2S.K/c1-12-5-10-2-4(3-11-5)6(7,8)9;/h2-3H,1H3;/q-1;+1. The Labute approximate surface area is 121 Å². The minimum absolute atomic E-state index is 0. The van der Waals surface area contributed by atoms with E-state index in [1.54, 1.807) is 6.26 Å². The maximum atomic E-state index is 12.0. The molecule has 1 heterocycles. The summed E-state index contributed by atoms with van der Waals surface area (Å²) in [6.07, 6.45) is 3.31. The Hall–Kier alpha value is 0.921. The van der Waals surface area contributed by atoms with Crippen molar-refractivity contribution in [2.24, 2.45) is 0 Å². The summed E-state index contributed by atoms with van der Waals surface area (Å²) >= 11 is 1.21. The molecule has 0 atom stereocenters. The molecule has 0 aliphatic heterocycles. The van der Waals surface area contributed by atoms with E-state index in [9.17, 15) is 12.9 Å². The molecule has 1 aromatic rings. The van der Waals surface area contributed by atoms with Crippen LogP contribution >= 0.6 is 11.8 Å². The third-order valence-electron chi connectivity index (χ3n) is 1.21. The number of hydrogen-bond donors (Lipinski definition) is 0. The normalized spacial score (nSPS) is 10.8. The van der Waals surface area contributed by atoms with Crippen LogP contribution in [0.5, 0.6) is 0 Å². The smallest absolute Gasteiger partial charge is 0.445 e. The third-order valence-corrected chi connectivity index (χ3v) is 1.78. The van der Waals surface area contributed by atoms with E-state index in [4.69, 9.17) is 0 Å². The molecule has 0 saturated heterocycles. The fraction of sp³-hybridized carbons (Fsp3) is 0.200. The van der Waals surface area contributed by atoms with Crippen molar-refractivity contribution in [3.63, 3.8) is 0 Å². The van der Waals surface area contributed by atoms with Gasteiger partial charge in [0.15, 0.2) is 5.16 Å². The van der Waals surface area contributed by atoms with Crippen LogP contribution in [0.4, 0.5) is 12.9 Å². The van der Waals surface area contributed by atoms with Gasteiger partial charge in [-0.2, -0.15) is 0 Å². The summed E-state index contributed by atoms with van der Waals surface area (Å²) in [7, 11) is 0. The molecule has 0 saturated carbocycles. The van der Waals surface area contributed by atoms with Gasteiger partial charge >= 0.3 is 58.4 Å². The van der Waals surface area contributed by atoms with Crippen LogP contribution in [0.25, 0.3) is 0 Å². The summed E-state index contributed by atoms with van der Waals surface area (Å²) < 4.78 is 36.0. The van der Waals surface area contributed by atoms with Gasteiger partial charge in [0.1, 0.15) is 0 Å². The molecular weight excluding hydrogens is 227 g/mol. The van der Waals surface area contributed by atoms with Crippen molar-refractivity contribution < 1.29 is 64.3 Å². The molecule has 0 bridgehead atoms. The molecule has 1 aromatic heterocycles. The molecule has 0 spiro atoms. The first-order valence-electron chi connectivity index (χ1n) is 3.10. The van der Waals surface area contributed by atoms with E-state index in [-0.39, 0.29) is 51.4 Å². The van der Waals surface area contributed by atoms with E-state index in [1.165, 1.54) is 11.8 Å². The number of aromatic nitrogens is 2. The number of halogens is 3. The van der Waals surface area contributed by atoms with E-state index in [0.29, 0.717) is 5.16 Å². The first kappa shape index (κ1) is 13.9. The van der Waals surface area contributed by atoms with Crippen molar-refractivity contribution in [3.05, 3.63) is 12.4 Å². The average molecular weight is 232 g/mol. The van der Waals surface area contributed by atoms with Crippen LogP contribution in [-0.2, 0) is 0 Å². The summed E-state index contributed by atoms with van der Waals surface area (Å²) in [5.74, 6) is 0. The molecule has 2 nitrogen and oxygen atoms in total. The molecule has 0 aliphatic carbocycles. The number of rotatable bonds is 2. The Morgan fingerprint density at radius 2 is 1.69 bits per heavy atom. The third kappa shape index (κ3) is 4.30. The molecule has 0 unspecified atom stereocenters. The second kappa shape index (κ2) is 5.72. The Balaban J connectivity index is 0.00000144. The van der Waals surface area contributed by atoms with Crippen LogP contribution < -0.4 is 56.8 Å². The summed E-state index contributed by atoms with van der Waals surface area (Å²) in [5, 5.41) is 0.346. The van der Waals surface area contributed by atoms with E-state index in [1.807, 2.05) is 0 Å². The van der Waals surface area contributed by atoms with Crippen LogP contribution in [0.2, 0.25) is 0 Å². The zero-order chi connectivity index (χ0) is 9.19. The van der Waals surface area contributed by atoms with Crippen LogP contribution in [0.15, 0.2) is 17.6 Å². The second-order valence-electron chi connectivity index (χ2n) is 2.08. The zero-order valence-corrected chi connectivity index (χ0v) is 11.1. The minimum atomic E-state index is -4.96. The Morgan fingerprint density at radius 3 is 2.00 bits per heavy atom. The van der Waals surface area contributed by atoms with Gasteiger partial charge in [-0.05, 0) is 6.26 Å². The molecule has 0 aliphatic rings. The van der Waals surface area contributed by atoms with Crippen LogP contribution in [0.1, 0.15) is 0 Å². The summed E-state index contributed by atoms with van der Waals surface area (Å²) in [6, 6.07) is 0. The van der Waals surface area contributed by atoms with Crippen molar-refractivity contribution in [1.29, 1.82) is 0 Å². The predicted octanol–water partition coefficient (Wildman–Crippen LogP) is -1.74. The van der Waals surface area contributed by atoms with E-state index in [0.717, 1.165) is 12.4 Å². The molecular formula is C5H5BF3KN2S. The van der Waals surface area contributed by atoms with Gasteiger partial charge in [-0.3, -0.25) is 0 Å². The molecule has 1 rings (SSSR count). The molecule has 66 valence electrons. The van der Waals surface area contributed by atoms with Gasteiger partial charge < -0.3 is 12.9 Å². The molecule has 0 aromatic carbocycles. The summed E-state index contributed by atoms with van der Waals surface area (Å²) in [5.41, 5.74) is -0.757. The quantitative estimate of drug-likeness (QED) is 0.344. The largest absolute Gasteiger partial charge is 1.00 e. The van der Waals surface area contributed by atoms with Crippen LogP contribution in [0, 0.1) is 0 Å². The summed E-state index contributed by atoms with van der Waals surface area (Å²) in [6.45, 7) is -4.96. The van der Waals surface area contributed by atoms with Crippen molar-refractivity contribution >= 4 is 24.2 Å².